The molecule has 0 amide bonds. The number of ether oxygens (including phenoxy) is 1. The first-order valence-corrected chi connectivity index (χ1v) is 8.63. The first-order valence-electron chi connectivity index (χ1n) is 7.75. The number of carbonyl (C=O) groups excluding carboxylic acids is 1. The average molecular weight is 372 g/mol. The fourth-order valence-corrected chi connectivity index (χ4v) is 3.41. The highest BCUT2D eigenvalue weighted by atomic mass is 32.1. The van der Waals surface area contributed by atoms with Gasteiger partial charge in [-0.3, -0.25) is 9.36 Å². The molecule has 0 saturated carbocycles. The van der Waals surface area contributed by atoms with Gasteiger partial charge in [0, 0.05) is 35.5 Å². The zero-order valence-corrected chi connectivity index (χ0v) is 15.2. The van der Waals surface area contributed by atoms with Crippen molar-refractivity contribution in [1.29, 1.82) is 0 Å². The lowest BCUT2D eigenvalue weighted by atomic mass is 10.1. The van der Waals surface area contributed by atoms with Gasteiger partial charge in [0.15, 0.2) is 11.7 Å². The third-order valence-electron chi connectivity index (χ3n) is 3.85. The smallest absolute Gasteiger partial charge is 0.406 e. The highest BCUT2D eigenvalue weighted by molar-refractivity contribution is 7.12. The molecular formula is C17H16N4O4S. The summed E-state index contributed by atoms with van der Waals surface area (Å²) in [5.74, 6) is -0.690. The van der Waals surface area contributed by atoms with E-state index in [0.29, 0.717) is 11.3 Å². The Morgan fingerprint density at radius 1 is 1.35 bits per heavy atom. The average Bonchev–Trinajstić information content (AvgIpc) is 3.21. The van der Waals surface area contributed by atoms with Crippen molar-refractivity contribution in [2.45, 2.75) is 20.8 Å². The molecule has 3 aromatic rings. The lowest BCUT2D eigenvalue weighted by Gasteiger charge is -2.07. The summed E-state index contributed by atoms with van der Waals surface area (Å²) in [5, 5.41) is 13.7. The van der Waals surface area contributed by atoms with Gasteiger partial charge < -0.3 is 14.9 Å². The van der Waals surface area contributed by atoms with Crippen LogP contribution in [-0.2, 0) is 0 Å². The van der Waals surface area contributed by atoms with Crippen LogP contribution >= 0.6 is 11.3 Å². The highest BCUT2D eigenvalue weighted by Gasteiger charge is 2.21. The topological polar surface area (TPSA) is 100 Å². The normalized spacial score (nSPS) is 10.7. The number of hydrogen-bond donors (Lipinski definition) is 0. The van der Waals surface area contributed by atoms with Crippen LogP contribution in [0.4, 0.5) is 5.82 Å². The number of nitro groups is 1. The molecule has 3 aromatic heterocycles. The first kappa shape index (κ1) is 17.7. The quantitative estimate of drug-likeness (QED) is 0.373. The summed E-state index contributed by atoms with van der Waals surface area (Å²) in [6, 6.07) is 4.82. The number of aromatic nitrogens is 3. The molecule has 0 radical (unpaired) electrons. The summed E-state index contributed by atoms with van der Waals surface area (Å²) in [5.41, 5.74) is 2.63. The largest absolute Gasteiger partial charge is 0.477 e. The van der Waals surface area contributed by atoms with Crippen LogP contribution < -0.4 is 4.74 Å². The molecule has 0 spiro atoms. The second-order valence-corrected chi connectivity index (χ2v) is 6.55. The number of thiazole rings is 1. The molecule has 0 bridgehead atoms. The SMILES string of the molecule is Cc1ccc(OCC(=O)c2cc(C)n(-c3nccs3)c2C)c([N+](=O)[O-])n1. The maximum atomic E-state index is 12.6. The van der Waals surface area contributed by atoms with E-state index in [4.69, 9.17) is 4.74 Å². The van der Waals surface area contributed by atoms with Crippen molar-refractivity contribution in [3.05, 3.63) is 62.5 Å². The van der Waals surface area contributed by atoms with E-state index in [0.717, 1.165) is 16.5 Å². The number of aryl methyl sites for hydroxylation is 2. The molecule has 0 N–H and O–H groups in total. The van der Waals surface area contributed by atoms with Crippen molar-refractivity contribution < 1.29 is 14.5 Å². The van der Waals surface area contributed by atoms with Crippen molar-refractivity contribution >= 4 is 22.9 Å². The number of carbonyl (C=O) groups is 1. The molecule has 0 fully saturated rings. The first-order chi connectivity index (χ1) is 12.4. The molecule has 26 heavy (non-hydrogen) atoms. The third kappa shape index (κ3) is 3.33. The molecule has 134 valence electrons. The Bertz CT molecular complexity index is 979. The zero-order chi connectivity index (χ0) is 18.8. The van der Waals surface area contributed by atoms with Crippen LogP contribution in [0.2, 0.25) is 0 Å². The maximum Gasteiger partial charge on any atom is 0.406 e. The van der Waals surface area contributed by atoms with E-state index >= 15 is 0 Å². The number of hydrogen-bond acceptors (Lipinski definition) is 7. The number of pyridine rings is 1. The van der Waals surface area contributed by atoms with E-state index in [2.05, 4.69) is 9.97 Å². The van der Waals surface area contributed by atoms with Crippen LogP contribution in [0.1, 0.15) is 27.4 Å². The van der Waals surface area contributed by atoms with Gasteiger partial charge in [-0.2, -0.15) is 0 Å². The third-order valence-corrected chi connectivity index (χ3v) is 4.61. The number of rotatable bonds is 6. The molecular weight excluding hydrogens is 356 g/mol. The summed E-state index contributed by atoms with van der Waals surface area (Å²) in [4.78, 5) is 31.2. The second kappa shape index (κ2) is 7.04. The molecule has 0 saturated heterocycles. The molecule has 9 heteroatoms. The van der Waals surface area contributed by atoms with E-state index in [1.165, 1.54) is 17.4 Å². The lowest BCUT2D eigenvalue weighted by molar-refractivity contribution is -0.390. The van der Waals surface area contributed by atoms with Crippen molar-refractivity contribution in [1.82, 2.24) is 14.5 Å². The van der Waals surface area contributed by atoms with E-state index in [-0.39, 0.29) is 18.1 Å². The summed E-state index contributed by atoms with van der Waals surface area (Å²) < 4.78 is 7.29. The van der Waals surface area contributed by atoms with Crippen LogP contribution in [0.3, 0.4) is 0 Å². The molecule has 8 nitrogen and oxygen atoms in total. The Hall–Kier alpha value is -3.07. The van der Waals surface area contributed by atoms with Gasteiger partial charge in [-0.1, -0.05) is 0 Å². The Morgan fingerprint density at radius 2 is 2.12 bits per heavy atom. The van der Waals surface area contributed by atoms with Crippen LogP contribution in [-0.4, -0.2) is 31.8 Å². The van der Waals surface area contributed by atoms with Crippen LogP contribution in [0.25, 0.3) is 5.13 Å². The van der Waals surface area contributed by atoms with Gasteiger partial charge in [0.05, 0.1) is 0 Å². The molecule has 0 aliphatic rings. The lowest BCUT2D eigenvalue weighted by Crippen LogP contribution is -2.13. The number of nitrogens with zero attached hydrogens (tertiary/aromatic N) is 4. The second-order valence-electron chi connectivity index (χ2n) is 5.68. The van der Waals surface area contributed by atoms with Crippen molar-refractivity contribution in [3.63, 3.8) is 0 Å². The van der Waals surface area contributed by atoms with E-state index in [1.807, 2.05) is 23.8 Å². The molecule has 3 heterocycles. The molecule has 3 rings (SSSR count). The van der Waals surface area contributed by atoms with E-state index in [9.17, 15) is 14.9 Å². The van der Waals surface area contributed by atoms with Gasteiger partial charge in [0.25, 0.3) is 0 Å². The molecule has 0 atom stereocenters. The van der Waals surface area contributed by atoms with Crippen LogP contribution in [0.5, 0.6) is 5.75 Å². The van der Waals surface area contributed by atoms with E-state index in [1.54, 1.807) is 25.3 Å². The van der Waals surface area contributed by atoms with Crippen LogP contribution in [0, 0.1) is 30.9 Å². The zero-order valence-electron chi connectivity index (χ0n) is 14.4. The standard InChI is InChI=1S/C17H16N4O4S/c1-10-4-5-15(16(19-10)21(23)24)25-9-14(22)13-8-11(2)20(12(13)3)17-18-6-7-26-17/h4-8H,9H2,1-3H3. The minimum absolute atomic E-state index is 0.0253. The van der Waals surface area contributed by atoms with E-state index < -0.39 is 10.7 Å². The van der Waals surface area contributed by atoms with Crippen molar-refractivity contribution in [3.8, 4) is 10.9 Å². The minimum atomic E-state index is -0.624. The summed E-state index contributed by atoms with van der Waals surface area (Å²) >= 11 is 1.47. The van der Waals surface area contributed by atoms with Crippen LogP contribution in [0.15, 0.2) is 29.8 Å². The predicted octanol–water partition coefficient (Wildman–Crippen LogP) is 3.42. The molecule has 0 aromatic carbocycles. The van der Waals surface area contributed by atoms with Gasteiger partial charge in [0.1, 0.15) is 5.69 Å². The number of ketones is 1. The van der Waals surface area contributed by atoms with Gasteiger partial charge in [-0.05, 0) is 42.0 Å². The highest BCUT2D eigenvalue weighted by Crippen LogP contribution is 2.26. The Morgan fingerprint density at radius 3 is 2.77 bits per heavy atom. The molecule has 0 aliphatic carbocycles. The number of Topliss-reactive ketones (excluding diaryl/α,β-unsaturated/α-hetero) is 1. The Labute approximate surface area is 153 Å². The Kier molecular flexibility index (Phi) is 4.81. The van der Waals surface area contributed by atoms with Gasteiger partial charge in [-0.25, -0.2) is 4.98 Å². The predicted molar refractivity (Wildman–Crippen MR) is 96.4 cm³/mol. The van der Waals surface area contributed by atoms with Gasteiger partial charge in [-0.15, -0.1) is 11.3 Å². The maximum absolute atomic E-state index is 12.6. The van der Waals surface area contributed by atoms with Crippen molar-refractivity contribution in [2.24, 2.45) is 0 Å². The molecule has 0 aliphatic heterocycles. The fraction of sp³-hybridized carbons (Fsp3) is 0.235. The van der Waals surface area contributed by atoms with Gasteiger partial charge in [0.2, 0.25) is 11.5 Å². The minimum Gasteiger partial charge on any atom is -0.477 e. The van der Waals surface area contributed by atoms with Gasteiger partial charge >= 0.3 is 5.82 Å². The fourth-order valence-electron chi connectivity index (χ4n) is 2.66. The summed E-state index contributed by atoms with van der Waals surface area (Å²) in [6.07, 6.45) is 1.70. The molecule has 0 unspecified atom stereocenters. The summed E-state index contributed by atoms with van der Waals surface area (Å²) in [7, 11) is 0. The Balaban J connectivity index is 1.82. The monoisotopic (exact) mass is 372 g/mol. The van der Waals surface area contributed by atoms with Crippen molar-refractivity contribution in [2.75, 3.05) is 6.61 Å². The summed E-state index contributed by atoms with van der Waals surface area (Å²) in [6.45, 7) is 5.06.